The molecule has 3 unspecified atom stereocenters. The van der Waals surface area contributed by atoms with Gasteiger partial charge in [-0.3, -0.25) is 0 Å². The van der Waals surface area contributed by atoms with E-state index in [1.54, 1.807) is 21.3 Å². The summed E-state index contributed by atoms with van der Waals surface area (Å²) in [5.41, 5.74) is 5.42. The third-order valence-electron chi connectivity index (χ3n) is 12.5. The largest absolute Gasteiger partial charge is 0.496 e. The average Bonchev–Trinajstić information content (AvgIpc) is 3.27. The maximum absolute atomic E-state index is 6.69. The van der Waals surface area contributed by atoms with Gasteiger partial charge in [-0.2, -0.15) is 0 Å². The van der Waals surface area contributed by atoms with Crippen LogP contribution in [0.2, 0.25) is 0 Å². The van der Waals surface area contributed by atoms with Gasteiger partial charge in [-0.05, 0) is 91.2 Å². The summed E-state index contributed by atoms with van der Waals surface area (Å²) in [6, 6.07) is 12.3. The maximum atomic E-state index is 6.69. The monoisotopic (exact) mass is 893 g/mol. The zero-order valence-electron chi connectivity index (χ0n) is 42.9. The molecule has 0 heterocycles. The standard InChI is InChI=1S/C59H88O6/c1-15-48-37-58(64-34-31-46(10)24-18-21-43(5)6)52(38-54(48)60-12)28-27-51-41-59(65-35-32-47(11)25-19-22-44(7)8)53(39-56(51)62-14)29-26-50-40-57(49(16-2)36-55(50)61-13)63-33-30-45(9)23-17-20-42(3)4/h15-16,26-29,36-47H,1-2,17-25,30-35H2,3-14H3/b28-27+,29-26+. The average molecular weight is 893 g/mol. The molecule has 0 aliphatic rings. The predicted molar refractivity (Wildman–Crippen MR) is 281 cm³/mol. The van der Waals surface area contributed by atoms with E-state index in [1.807, 2.05) is 30.4 Å². The van der Waals surface area contributed by atoms with Gasteiger partial charge in [0.15, 0.2) is 0 Å². The second-order valence-corrected chi connectivity index (χ2v) is 19.7. The second-order valence-electron chi connectivity index (χ2n) is 19.7. The van der Waals surface area contributed by atoms with Gasteiger partial charge in [0, 0.05) is 33.4 Å². The molecule has 0 saturated heterocycles. The van der Waals surface area contributed by atoms with Gasteiger partial charge in [-0.15, -0.1) is 0 Å². The molecule has 3 atom stereocenters. The molecule has 0 amide bonds. The summed E-state index contributed by atoms with van der Waals surface area (Å²) in [5.74, 6) is 8.54. The molecule has 0 aliphatic carbocycles. The summed E-state index contributed by atoms with van der Waals surface area (Å²) >= 11 is 0. The smallest absolute Gasteiger partial charge is 0.127 e. The topological polar surface area (TPSA) is 55.4 Å². The first kappa shape index (κ1) is 54.8. The van der Waals surface area contributed by atoms with Gasteiger partial charge in [0.1, 0.15) is 34.5 Å². The summed E-state index contributed by atoms with van der Waals surface area (Å²) < 4.78 is 37.4. The van der Waals surface area contributed by atoms with Crippen LogP contribution in [0.4, 0.5) is 0 Å². The zero-order valence-corrected chi connectivity index (χ0v) is 42.9. The van der Waals surface area contributed by atoms with Crippen molar-refractivity contribution in [2.75, 3.05) is 41.2 Å². The number of methoxy groups -OCH3 is 3. The van der Waals surface area contributed by atoms with Crippen molar-refractivity contribution in [2.45, 2.75) is 139 Å². The van der Waals surface area contributed by atoms with E-state index in [0.717, 1.165) is 105 Å². The van der Waals surface area contributed by atoms with Gasteiger partial charge < -0.3 is 28.4 Å². The fourth-order valence-corrected chi connectivity index (χ4v) is 8.05. The molecule has 3 aromatic carbocycles. The van der Waals surface area contributed by atoms with E-state index < -0.39 is 0 Å². The van der Waals surface area contributed by atoms with Crippen molar-refractivity contribution in [3.05, 3.63) is 82.9 Å². The van der Waals surface area contributed by atoms with Gasteiger partial charge in [0.05, 0.1) is 41.2 Å². The molecule has 65 heavy (non-hydrogen) atoms. The van der Waals surface area contributed by atoms with E-state index in [9.17, 15) is 0 Å². The molecule has 360 valence electrons. The molecular formula is C59H88O6. The highest BCUT2D eigenvalue weighted by Gasteiger charge is 2.15. The summed E-state index contributed by atoms with van der Waals surface area (Å²) in [6.45, 7) is 30.8. The van der Waals surface area contributed by atoms with Crippen molar-refractivity contribution >= 4 is 36.5 Å². The van der Waals surface area contributed by atoms with Crippen LogP contribution in [0.3, 0.4) is 0 Å². The normalized spacial score (nSPS) is 13.2. The Morgan fingerprint density at radius 3 is 0.908 bits per heavy atom. The van der Waals surface area contributed by atoms with Crippen LogP contribution in [-0.2, 0) is 0 Å². The summed E-state index contributed by atoms with van der Waals surface area (Å²) in [7, 11) is 5.10. The van der Waals surface area contributed by atoms with E-state index in [-0.39, 0.29) is 0 Å². The SMILES string of the molecule is C=Cc1cc(OCCC(C)CCCC(C)C)c(/C=C/c2cc(OCCC(C)CCCC(C)C)c(/C=C/c3cc(OCCC(C)CCCC(C)C)c(C=C)cc3OC)cc2OC)cc1OC. The Bertz CT molecular complexity index is 1920. The van der Waals surface area contributed by atoms with E-state index in [0.29, 0.717) is 37.6 Å². The van der Waals surface area contributed by atoms with Crippen molar-refractivity contribution in [3.63, 3.8) is 0 Å². The van der Waals surface area contributed by atoms with E-state index in [4.69, 9.17) is 28.4 Å². The van der Waals surface area contributed by atoms with Crippen molar-refractivity contribution in [1.29, 1.82) is 0 Å². The number of rotatable bonds is 33. The quantitative estimate of drug-likeness (QED) is 0.0568. The first-order chi connectivity index (χ1) is 31.2. The Balaban J connectivity index is 1.99. The van der Waals surface area contributed by atoms with Gasteiger partial charge in [0.2, 0.25) is 0 Å². The second kappa shape index (κ2) is 29.9. The van der Waals surface area contributed by atoms with Crippen LogP contribution >= 0.6 is 0 Å². The molecule has 0 N–H and O–H groups in total. The minimum Gasteiger partial charge on any atom is -0.496 e. The number of hydrogen-bond donors (Lipinski definition) is 0. The Hall–Kier alpha value is -4.58. The van der Waals surface area contributed by atoms with Crippen molar-refractivity contribution in [3.8, 4) is 34.5 Å². The van der Waals surface area contributed by atoms with Gasteiger partial charge in [-0.1, -0.05) is 170 Å². The number of hydrogen-bond acceptors (Lipinski definition) is 6. The molecular weight excluding hydrogens is 805 g/mol. The van der Waals surface area contributed by atoms with Crippen molar-refractivity contribution < 1.29 is 28.4 Å². The lowest BCUT2D eigenvalue weighted by molar-refractivity contribution is 0.274. The Labute approximate surface area is 396 Å². The molecule has 3 aromatic rings. The lowest BCUT2D eigenvalue weighted by Crippen LogP contribution is -2.06. The molecule has 0 bridgehead atoms. The van der Waals surface area contributed by atoms with Crippen LogP contribution in [0, 0.1) is 35.5 Å². The number of benzene rings is 3. The summed E-state index contributed by atoms with van der Waals surface area (Å²) in [4.78, 5) is 0. The highest BCUT2D eigenvalue weighted by atomic mass is 16.5. The fourth-order valence-electron chi connectivity index (χ4n) is 8.05. The lowest BCUT2D eigenvalue weighted by atomic mass is 9.97. The van der Waals surface area contributed by atoms with Gasteiger partial charge >= 0.3 is 0 Å². The van der Waals surface area contributed by atoms with Gasteiger partial charge in [-0.25, -0.2) is 0 Å². The van der Waals surface area contributed by atoms with Crippen LogP contribution in [0.1, 0.15) is 173 Å². The molecule has 0 fully saturated rings. The van der Waals surface area contributed by atoms with Crippen LogP contribution in [0.25, 0.3) is 36.5 Å². The first-order valence-corrected chi connectivity index (χ1v) is 24.9. The van der Waals surface area contributed by atoms with Crippen molar-refractivity contribution in [2.24, 2.45) is 35.5 Å². The minimum absolute atomic E-state index is 0.564. The fraction of sp³-hybridized carbons (Fsp3) is 0.559. The van der Waals surface area contributed by atoms with E-state index >= 15 is 0 Å². The molecule has 0 spiro atoms. The highest BCUT2D eigenvalue weighted by molar-refractivity contribution is 5.82. The zero-order chi connectivity index (χ0) is 47.7. The van der Waals surface area contributed by atoms with Crippen LogP contribution in [-0.4, -0.2) is 41.2 Å². The van der Waals surface area contributed by atoms with E-state index in [2.05, 4.69) is 118 Å². The van der Waals surface area contributed by atoms with Crippen molar-refractivity contribution in [1.82, 2.24) is 0 Å². The Kier molecular flexibility index (Phi) is 25.1. The van der Waals surface area contributed by atoms with E-state index in [1.165, 1.54) is 57.8 Å². The molecule has 6 nitrogen and oxygen atoms in total. The molecule has 0 radical (unpaired) electrons. The maximum Gasteiger partial charge on any atom is 0.127 e. The lowest BCUT2D eigenvalue weighted by Gasteiger charge is -2.17. The van der Waals surface area contributed by atoms with Crippen LogP contribution in [0.15, 0.2) is 49.6 Å². The van der Waals surface area contributed by atoms with Gasteiger partial charge in [0.25, 0.3) is 0 Å². The Morgan fingerprint density at radius 1 is 0.354 bits per heavy atom. The first-order valence-electron chi connectivity index (χ1n) is 24.9. The van der Waals surface area contributed by atoms with Crippen LogP contribution in [0.5, 0.6) is 34.5 Å². The highest BCUT2D eigenvalue weighted by Crippen LogP contribution is 2.37. The molecule has 0 saturated carbocycles. The predicted octanol–water partition coefficient (Wildman–Crippen LogP) is 17.0. The molecule has 0 aliphatic heterocycles. The molecule has 3 rings (SSSR count). The Morgan fingerprint density at radius 2 is 0.600 bits per heavy atom. The molecule has 6 heteroatoms. The van der Waals surface area contributed by atoms with Crippen LogP contribution < -0.4 is 28.4 Å². The third kappa shape index (κ3) is 19.8. The minimum atomic E-state index is 0.564. The summed E-state index contributed by atoms with van der Waals surface area (Å²) in [5, 5.41) is 0. The third-order valence-corrected chi connectivity index (χ3v) is 12.5. The number of ether oxygens (including phenoxy) is 6. The molecule has 0 aromatic heterocycles. The summed E-state index contributed by atoms with van der Waals surface area (Å²) in [6.07, 6.45) is 26.1.